The first-order valence-corrected chi connectivity index (χ1v) is 10.2. The van der Waals surface area contributed by atoms with E-state index in [0.717, 1.165) is 11.2 Å². The molecule has 1 aliphatic heterocycles. The number of hydrogen-bond donors (Lipinski definition) is 1. The number of hydrogen-bond acceptors (Lipinski definition) is 5. The van der Waals surface area contributed by atoms with Crippen LogP contribution in [-0.4, -0.2) is 43.8 Å². The Labute approximate surface area is 155 Å². The monoisotopic (exact) mass is 396 g/mol. The van der Waals surface area contributed by atoms with Crippen LogP contribution in [0.2, 0.25) is 5.02 Å². The van der Waals surface area contributed by atoms with Crippen LogP contribution in [0.15, 0.2) is 35.2 Å². The van der Waals surface area contributed by atoms with Crippen LogP contribution in [0.4, 0.5) is 5.69 Å². The quantitative estimate of drug-likeness (QED) is 0.615. The van der Waals surface area contributed by atoms with E-state index in [2.05, 4.69) is 5.32 Å². The summed E-state index contributed by atoms with van der Waals surface area (Å²) in [6, 6.07) is 3.94. The number of carbonyl (C=O) groups is 3. The molecule has 9 heteroatoms. The van der Waals surface area contributed by atoms with E-state index in [4.69, 9.17) is 11.6 Å². The van der Waals surface area contributed by atoms with Gasteiger partial charge in [-0.1, -0.05) is 23.8 Å². The first-order valence-electron chi connectivity index (χ1n) is 7.98. The number of rotatable bonds is 4. The molecule has 2 atom stereocenters. The molecular formula is C17H17ClN2O5S. The zero-order chi connectivity index (χ0) is 19.1. The van der Waals surface area contributed by atoms with E-state index in [1.165, 1.54) is 18.2 Å². The molecule has 0 radical (unpaired) electrons. The minimum atomic E-state index is -3.47. The highest BCUT2D eigenvalue weighted by atomic mass is 35.5. The van der Waals surface area contributed by atoms with E-state index in [-0.39, 0.29) is 27.4 Å². The average Bonchev–Trinajstić information content (AvgIpc) is 2.81. The molecule has 0 aromatic heterocycles. The van der Waals surface area contributed by atoms with Crippen molar-refractivity contribution in [1.82, 2.24) is 4.90 Å². The zero-order valence-corrected chi connectivity index (χ0v) is 15.5. The van der Waals surface area contributed by atoms with Gasteiger partial charge in [0, 0.05) is 6.26 Å². The topological polar surface area (TPSA) is 101 Å². The van der Waals surface area contributed by atoms with Crippen molar-refractivity contribution in [2.24, 2.45) is 11.8 Å². The van der Waals surface area contributed by atoms with Gasteiger partial charge >= 0.3 is 0 Å². The van der Waals surface area contributed by atoms with E-state index in [1.54, 1.807) is 0 Å². The first kappa shape index (κ1) is 18.6. The number of anilines is 1. The Bertz CT molecular complexity index is 899. The number of imide groups is 1. The van der Waals surface area contributed by atoms with E-state index in [9.17, 15) is 22.8 Å². The van der Waals surface area contributed by atoms with Gasteiger partial charge in [0.1, 0.15) is 6.54 Å². The smallest absolute Gasteiger partial charge is 0.244 e. The van der Waals surface area contributed by atoms with Crippen molar-refractivity contribution in [3.8, 4) is 0 Å². The molecule has 3 amide bonds. The summed E-state index contributed by atoms with van der Waals surface area (Å²) < 4.78 is 23.3. The lowest BCUT2D eigenvalue weighted by atomic mass is 9.85. The molecule has 7 nitrogen and oxygen atoms in total. The largest absolute Gasteiger partial charge is 0.323 e. The molecule has 1 N–H and O–H groups in total. The summed E-state index contributed by atoms with van der Waals surface area (Å²) in [6.07, 6.45) is 5.77. The summed E-state index contributed by atoms with van der Waals surface area (Å²) >= 11 is 6.00. The van der Waals surface area contributed by atoms with Gasteiger partial charge < -0.3 is 5.32 Å². The second-order valence-electron chi connectivity index (χ2n) is 6.38. The highest BCUT2D eigenvalue weighted by molar-refractivity contribution is 7.90. The Morgan fingerprint density at radius 3 is 2.31 bits per heavy atom. The molecular weight excluding hydrogens is 380 g/mol. The van der Waals surface area contributed by atoms with E-state index in [0.29, 0.717) is 12.8 Å². The van der Waals surface area contributed by atoms with Crippen molar-refractivity contribution in [2.45, 2.75) is 17.7 Å². The van der Waals surface area contributed by atoms with E-state index >= 15 is 0 Å². The minimum Gasteiger partial charge on any atom is -0.323 e. The molecule has 2 unspecified atom stereocenters. The predicted octanol–water partition coefficient (Wildman–Crippen LogP) is 1.63. The second-order valence-corrected chi connectivity index (χ2v) is 8.80. The molecule has 1 saturated heterocycles. The highest BCUT2D eigenvalue weighted by Crippen LogP contribution is 2.35. The fraction of sp³-hybridized carbons (Fsp3) is 0.353. The molecule has 26 heavy (non-hydrogen) atoms. The van der Waals surface area contributed by atoms with Crippen molar-refractivity contribution >= 4 is 44.8 Å². The molecule has 2 aliphatic rings. The van der Waals surface area contributed by atoms with Gasteiger partial charge in [-0.3, -0.25) is 19.3 Å². The molecule has 0 saturated carbocycles. The lowest BCUT2D eigenvalue weighted by molar-refractivity contribution is -0.142. The van der Waals surface area contributed by atoms with E-state index in [1.807, 2.05) is 12.2 Å². The third-order valence-electron chi connectivity index (χ3n) is 4.54. The number of likely N-dealkylation sites (tertiary alicyclic amines) is 1. The average molecular weight is 397 g/mol. The van der Waals surface area contributed by atoms with Gasteiger partial charge in [-0.15, -0.1) is 0 Å². The number of fused-ring (bicyclic) bond motifs is 1. The molecule has 1 aromatic rings. The van der Waals surface area contributed by atoms with Crippen LogP contribution in [0.1, 0.15) is 12.8 Å². The Kier molecular flexibility index (Phi) is 4.90. The van der Waals surface area contributed by atoms with Gasteiger partial charge in [-0.25, -0.2) is 8.42 Å². The van der Waals surface area contributed by atoms with Crippen LogP contribution in [0.5, 0.6) is 0 Å². The Balaban J connectivity index is 1.74. The Hall–Kier alpha value is -2.19. The Morgan fingerprint density at radius 2 is 1.77 bits per heavy atom. The summed E-state index contributed by atoms with van der Waals surface area (Å²) in [4.78, 5) is 38.0. The van der Waals surface area contributed by atoms with Crippen molar-refractivity contribution in [3.63, 3.8) is 0 Å². The minimum absolute atomic E-state index is 0.00243. The maximum Gasteiger partial charge on any atom is 0.244 e. The molecule has 1 aliphatic carbocycles. The van der Waals surface area contributed by atoms with Crippen LogP contribution in [0.25, 0.3) is 0 Å². The molecule has 1 fully saturated rings. The van der Waals surface area contributed by atoms with Gasteiger partial charge in [-0.2, -0.15) is 0 Å². The summed E-state index contributed by atoms with van der Waals surface area (Å²) in [5, 5.41) is 2.63. The zero-order valence-electron chi connectivity index (χ0n) is 13.9. The van der Waals surface area contributed by atoms with Gasteiger partial charge in [0.25, 0.3) is 0 Å². The SMILES string of the molecule is CS(=O)(=O)c1ccc(Cl)c(NC(=O)CN2C(=O)C3CC=CCC3C2=O)c1. The fourth-order valence-corrected chi connectivity index (χ4v) is 4.00. The van der Waals surface area contributed by atoms with Crippen LogP contribution in [-0.2, 0) is 24.2 Å². The molecule has 0 bridgehead atoms. The Morgan fingerprint density at radius 1 is 1.19 bits per heavy atom. The van der Waals surface area contributed by atoms with Crippen LogP contribution < -0.4 is 5.32 Å². The number of amides is 3. The van der Waals surface area contributed by atoms with Gasteiger partial charge in [0.2, 0.25) is 17.7 Å². The van der Waals surface area contributed by atoms with Crippen molar-refractivity contribution in [2.75, 3.05) is 18.1 Å². The number of nitrogens with one attached hydrogen (secondary N) is 1. The summed E-state index contributed by atoms with van der Waals surface area (Å²) in [6.45, 7) is -0.426. The third kappa shape index (κ3) is 3.52. The summed E-state index contributed by atoms with van der Waals surface area (Å²) in [7, 11) is -3.47. The predicted molar refractivity (Wildman–Crippen MR) is 95.3 cm³/mol. The first-order chi connectivity index (χ1) is 12.2. The second kappa shape index (κ2) is 6.85. The number of sulfone groups is 1. The van der Waals surface area contributed by atoms with Crippen molar-refractivity contribution in [1.29, 1.82) is 0 Å². The van der Waals surface area contributed by atoms with Gasteiger partial charge in [0.05, 0.1) is 27.4 Å². The maximum absolute atomic E-state index is 12.4. The number of carbonyl (C=O) groups excluding carboxylic acids is 3. The van der Waals surface area contributed by atoms with Crippen molar-refractivity contribution in [3.05, 3.63) is 35.4 Å². The van der Waals surface area contributed by atoms with Gasteiger partial charge in [0.15, 0.2) is 9.84 Å². The number of nitrogens with zero attached hydrogens (tertiary/aromatic N) is 1. The summed E-state index contributed by atoms with van der Waals surface area (Å²) in [5.74, 6) is -2.13. The number of halogens is 1. The molecule has 1 aromatic carbocycles. The van der Waals surface area contributed by atoms with Crippen LogP contribution in [0.3, 0.4) is 0 Å². The number of benzene rings is 1. The fourth-order valence-electron chi connectivity index (χ4n) is 3.19. The molecule has 0 spiro atoms. The normalized spacial score (nSPS) is 22.5. The maximum atomic E-state index is 12.4. The highest BCUT2D eigenvalue weighted by Gasteiger charge is 2.47. The molecule has 1 heterocycles. The van der Waals surface area contributed by atoms with Crippen LogP contribution in [0, 0.1) is 11.8 Å². The van der Waals surface area contributed by atoms with Gasteiger partial charge in [-0.05, 0) is 31.0 Å². The number of allylic oxidation sites excluding steroid dienone is 2. The lowest BCUT2D eigenvalue weighted by Crippen LogP contribution is -2.38. The van der Waals surface area contributed by atoms with E-state index < -0.39 is 34.1 Å². The molecule has 138 valence electrons. The van der Waals surface area contributed by atoms with Crippen molar-refractivity contribution < 1.29 is 22.8 Å². The molecule has 3 rings (SSSR count). The standard InChI is InChI=1S/C17H17ClN2O5S/c1-26(24,25)10-6-7-13(18)14(8-10)19-15(21)9-20-16(22)11-4-2-3-5-12(11)17(20)23/h2-3,6-8,11-12H,4-5,9H2,1H3,(H,19,21). The third-order valence-corrected chi connectivity index (χ3v) is 5.98. The van der Waals surface area contributed by atoms with Crippen LogP contribution >= 0.6 is 11.6 Å². The summed E-state index contributed by atoms with van der Waals surface area (Å²) in [5.41, 5.74) is 0.109. The lowest BCUT2D eigenvalue weighted by Gasteiger charge is -2.15.